The number of likely N-dealkylation sites (N-methyl/N-ethyl adjacent to an activating group) is 1. The first-order chi connectivity index (χ1) is 20.9. The predicted octanol–water partition coefficient (Wildman–Crippen LogP) is 5.27. The van der Waals surface area contributed by atoms with Crippen molar-refractivity contribution in [2.45, 2.75) is 105 Å². The Labute approximate surface area is 258 Å². The quantitative estimate of drug-likeness (QED) is 0.375. The molecule has 4 aliphatic heterocycles. The Morgan fingerprint density at radius 1 is 1.02 bits per heavy atom. The maximum Gasteiger partial charge on any atom is 0.319 e. The van der Waals surface area contributed by atoms with Gasteiger partial charge >= 0.3 is 6.01 Å². The number of ether oxygens (including phenoxy) is 4. The summed E-state index contributed by atoms with van der Waals surface area (Å²) in [5.74, 6) is 2.18. The van der Waals surface area contributed by atoms with Crippen LogP contribution in [0.25, 0.3) is 10.9 Å². The normalized spacial score (nSPS) is 24.2. The van der Waals surface area contributed by atoms with Gasteiger partial charge in [0.2, 0.25) is 0 Å². The van der Waals surface area contributed by atoms with Crippen LogP contribution in [0.1, 0.15) is 70.6 Å². The van der Waals surface area contributed by atoms with E-state index in [9.17, 15) is 0 Å². The smallest absolute Gasteiger partial charge is 0.319 e. The maximum absolute atomic E-state index is 6.78. The van der Waals surface area contributed by atoms with Gasteiger partial charge in [0.25, 0.3) is 0 Å². The molecular weight excluding hydrogens is 539 g/mol. The molecule has 2 aromatic carbocycles. The number of likely N-dealkylation sites (tertiary alicyclic amines) is 1. The zero-order valence-corrected chi connectivity index (χ0v) is 27.1. The first-order valence-electron chi connectivity index (χ1n) is 16.1. The van der Waals surface area contributed by atoms with Gasteiger partial charge in [-0.3, -0.25) is 4.90 Å². The van der Waals surface area contributed by atoms with Crippen molar-refractivity contribution in [3.63, 3.8) is 0 Å². The molecule has 4 unspecified atom stereocenters. The molecule has 5 heterocycles. The van der Waals surface area contributed by atoms with Gasteiger partial charge < -0.3 is 23.8 Å². The molecule has 43 heavy (non-hydrogen) atoms. The third-order valence-electron chi connectivity index (χ3n) is 8.96. The van der Waals surface area contributed by atoms with Crippen molar-refractivity contribution in [3.8, 4) is 17.5 Å². The molecular formula is C34H47BN4O4. The van der Waals surface area contributed by atoms with Crippen LogP contribution in [0, 0.1) is 13.8 Å². The largest absolute Gasteiger partial charge is 0.487 e. The monoisotopic (exact) mass is 586 g/mol. The number of aromatic nitrogens is 2. The van der Waals surface area contributed by atoms with E-state index >= 15 is 0 Å². The van der Waals surface area contributed by atoms with Gasteiger partial charge in [0.1, 0.15) is 49.5 Å². The minimum Gasteiger partial charge on any atom is -0.487 e. The van der Waals surface area contributed by atoms with E-state index in [2.05, 4.69) is 55.0 Å². The predicted molar refractivity (Wildman–Crippen MR) is 174 cm³/mol. The van der Waals surface area contributed by atoms with Gasteiger partial charge in [0.15, 0.2) is 0 Å². The van der Waals surface area contributed by atoms with E-state index in [-0.39, 0.29) is 18.2 Å². The highest BCUT2D eigenvalue weighted by atomic mass is 16.5. The molecule has 7 rings (SSSR count). The van der Waals surface area contributed by atoms with E-state index in [0.29, 0.717) is 54.6 Å². The van der Waals surface area contributed by atoms with Crippen molar-refractivity contribution in [1.29, 1.82) is 0 Å². The molecule has 8 nitrogen and oxygen atoms in total. The van der Waals surface area contributed by atoms with E-state index in [4.69, 9.17) is 36.8 Å². The molecule has 3 aromatic rings. The van der Waals surface area contributed by atoms with E-state index in [1.807, 2.05) is 34.6 Å². The van der Waals surface area contributed by atoms with E-state index in [1.165, 1.54) is 5.56 Å². The molecule has 4 aliphatic rings. The van der Waals surface area contributed by atoms with Crippen LogP contribution < -0.4 is 24.6 Å². The lowest BCUT2D eigenvalue weighted by atomic mass is 9.87. The SMILES string of the molecule is CC.CC.[B]c1c(C)c2c3c(nc(OC4CCOCC4)nc3c1OCc1ccc(C)cc1)N1C3CC(C1C(C)O2)N(C)C3. The van der Waals surface area contributed by atoms with Gasteiger partial charge in [-0.15, -0.1) is 0 Å². The lowest BCUT2D eigenvalue weighted by Gasteiger charge is -2.41. The fourth-order valence-electron chi connectivity index (χ4n) is 6.87. The number of hydrogen-bond acceptors (Lipinski definition) is 8. The van der Waals surface area contributed by atoms with Crippen molar-refractivity contribution in [1.82, 2.24) is 14.9 Å². The summed E-state index contributed by atoms with van der Waals surface area (Å²) in [4.78, 5) is 15.0. The molecule has 1 aromatic heterocycles. The van der Waals surface area contributed by atoms with Crippen LogP contribution in [-0.4, -0.2) is 79.9 Å². The molecule has 2 bridgehead atoms. The molecule has 0 aliphatic carbocycles. The zero-order valence-electron chi connectivity index (χ0n) is 27.1. The van der Waals surface area contributed by atoms with Crippen LogP contribution in [0.5, 0.6) is 17.5 Å². The zero-order chi connectivity index (χ0) is 30.8. The van der Waals surface area contributed by atoms with Crippen molar-refractivity contribution >= 4 is 30.0 Å². The molecule has 9 heteroatoms. The fraction of sp³-hybridized carbons (Fsp3) is 0.588. The number of rotatable bonds is 5. The second kappa shape index (κ2) is 13.3. The number of hydrogen-bond donors (Lipinski definition) is 0. The Bertz CT molecular complexity index is 1410. The molecule has 0 spiro atoms. The summed E-state index contributed by atoms with van der Waals surface area (Å²) in [5, 5.41) is 0.865. The highest BCUT2D eigenvalue weighted by Gasteiger charge is 2.54. The molecule has 3 fully saturated rings. The van der Waals surface area contributed by atoms with Gasteiger partial charge in [-0.2, -0.15) is 9.97 Å². The summed E-state index contributed by atoms with van der Waals surface area (Å²) in [7, 11) is 8.99. The topological polar surface area (TPSA) is 69.2 Å². The van der Waals surface area contributed by atoms with Crippen LogP contribution in [0.4, 0.5) is 5.82 Å². The Kier molecular flexibility index (Phi) is 9.71. The number of nitrogens with zero attached hydrogens (tertiary/aromatic N) is 4. The van der Waals surface area contributed by atoms with E-state index in [0.717, 1.165) is 53.9 Å². The third kappa shape index (κ3) is 5.78. The second-order valence-electron chi connectivity index (χ2n) is 11.6. The molecule has 2 radical (unpaired) electrons. The first kappa shape index (κ1) is 31.4. The standard InChI is InChI=1S/C30H35BN4O4.2C2H6/c1-16-5-7-19(8-6-16)15-37-28-24(31)17(2)27-23-25(28)32-30(39-21-9-11-36-12-10-21)33-29(23)35-20-13-22(34(4)14-20)26(35)18(3)38-27;2*1-2/h5-8,18,20-22,26H,9-15H2,1-4H3;2*1-2H3. The van der Waals surface area contributed by atoms with Crippen LogP contribution in [0.2, 0.25) is 0 Å². The summed E-state index contributed by atoms with van der Waals surface area (Å²) in [5.41, 5.74) is 4.33. The van der Waals surface area contributed by atoms with Crippen molar-refractivity contribution in [2.24, 2.45) is 0 Å². The number of anilines is 1. The summed E-state index contributed by atoms with van der Waals surface area (Å²) >= 11 is 0. The summed E-state index contributed by atoms with van der Waals surface area (Å²) < 4.78 is 25.2. The molecule has 0 N–H and O–H groups in total. The Hall–Kier alpha value is -3.04. The Balaban J connectivity index is 0.000000885. The molecule has 4 atom stereocenters. The first-order valence-corrected chi connectivity index (χ1v) is 16.1. The second-order valence-corrected chi connectivity index (χ2v) is 11.6. The third-order valence-corrected chi connectivity index (χ3v) is 8.96. The molecule has 0 amide bonds. The van der Waals surface area contributed by atoms with Crippen LogP contribution in [0.15, 0.2) is 24.3 Å². The summed E-state index contributed by atoms with van der Waals surface area (Å²) in [6, 6.07) is 9.63. The number of benzene rings is 2. The average molecular weight is 587 g/mol. The number of aryl methyl sites for hydroxylation is 1. The van der Waals surface area contributed by atoms with Gasteiger partial charge in [-0.25, -0.2) is 0 Å². The van der Waals surface area contributed by atoms with Crippen LogP contribution in [0.3, 0.4) is 0 Å². The van der Waals surface area contributed by atoms with E-state index < -0.39 is 0 Å². The van der Waals surface area contributed by atoms with Crippen molar-refractivity contribution < 1.29 is 18.9 Å². The summed E-state index contributed by atoms with van der Waals surface area (Å²) in [6.07, 6.45) is 2.70. The summed E-state index contributed by atoms with van der Waals surface area (Å²) in [6.45, 7) is 17.0. The van der Waals surface area contributed by atoms with Gasteiger partial charge in [-0.1, -0.05) is 57.5 Å². The minimum atomic E-state index is -0.0440. The number of piperazine rings is 1. The molecule has 230 valence electrons. The Morgan fingerprint density at radius 3 is 2.42 bits per heavy atom. The molecule has 3 saturated heterocycles. The fourth-order valence-corrected chi connectivity index (χ4v) is 6.87. The van der Waals surface area contributed by atoms with Gasteiger partial charge in [0, 0.05) is 31.5 Å². The number of fused-ring (bicyclic) bond motifs is 6. The minimum absolute atomic E-state index is 0.0144. The lowest BCUT2D eigenvalue weighted by Crippen LogP contribution is -2.57. The van der Waals surface area contributed by atoms with Gasteiger partial charge in [0.05, 0.1) is 24.6 Å². The Morgan fingerprint density at radius 2 is 1.72 bits per heavy atom. The van der Waals surface area contributed by atoms with Crippen LogP contribution >= 0.6 is 0 Å². The van der Waals surface area contributed by atoms with Crippen molar-refractivity contribution in [2.75, 3.05) is 31.7 Å². The maximum atomic E-state index is 6.78. The highest BCUT2D eigenvalue weighted by molar-refractivity contribution is 6.37. The van der Waals surface area contributed by atoms with Crippen LogP contribution in [-0.2, 0) is 11.3 Å². The molecule has 0 saturated carbocycles. The lowest BCUT2D eigenvalue weighted by molar-refractivity contribution is 0.0218. The van der Waals surface area contributed by atoms with Crippen molar-refractivity contribution in [3.05, 3.63) is 41.0 Å². The van der Waals surface area contributed by atoms with Gasteiger partial charge in [-0.05, 0) is 50.8 Å². The average Bonchev–Trinajstić information content (AvgIpc) is 3.56. The van der Waals surface area contributed by atoms with E-state index in [1.54, 1.807) is 0 Å². The highest BCUT2D eigenvalue weighted by Crippen LogP contribution is 2.49.